The van der Waals surface area contributed by atoms with Crippen LogP contribution in [0.3, 0.4) is 0 Å². The van der Waals surface area contributed by atoms with Gasteiger partial charge in [0, 0.05) is 18.0 Å². The minimum Gasteiger partial charge on any atom is -0.327 e. The normalized spacial score (nSPS) is 36.6. The Kier molecular flexibility index (Phi) is 5.87. The fourth-order valence-corrected chi connectivity index (χ4v) is 7.91. The second-order valence-corrected chi connectivity index (χ2v) is 11.8. The van der Waals surface area contributed by atoms with Gasteiger partial charge in [0.25, 0.3) is 0 Å². The summed E-state index contributed by atoms with van der Waals surface area (Å²) in [6, 6.07) is 6.53. The van der Waals surface area contributed by atoms with Gasteiger partial charge in [0.1, 0.15) is 5.82 Å². The van der Waals surface area contributed by atoms with Crippen LogP contribution in [0.25, 0.3) is 0 Å². The Balaban J connectivity index is 1.39. The highest BCUT2D eigenvalue weighted by Gasteiger charge is 2.54. The first-order chi connectivity index (χ1) is 17.1. The fourth-order valence-electron chi connectivity index (χ4n) is 7.91. The Morgan fingerprint density at radius 2 is 1.83 bits per heavy atom. The summed E-state index contributed by atoms with van der Waals surface area (Å²) >= 11 is 0. The lowest BCUT2D eigenvalue weighted by atomic mass is 9.50. The number of allylic oxidation sites excluding steroid dienone is 4. The van der Waals surface area contributed by atoms with Crippen molar-refractivity contribution >= 4 is 5.69 Å². The molecule has 2 fully saturated rings. The van der Waals surface area contributed by atoms with Gasteiger partial charge in [-0.25, -0.2) is 9.82 Å². The predicted octanol–water partition coefficient (Wildman–Crippen LogP) is 6.79. The van der Waals surface area contributed by atoms with Crippen LogP contribution < -0.4 is 16.2 Å². The van der Waals surface area contributed by atoms with Crippen LogP contribution in [0.5, 0.6) is 0 Å². The summed E-state index contributed by atoms with van der Waals surface area (Å²) in [6.45, 7) is 2.93. The minimum absolute atomic E-state index is 0.0587. The molecule has 3 unspecified atom stereocenters. The van der Waals surface area contributed by atoms with Gasteiger partial charge in [-0.05, 0) is 92.2 Å². The van der Waals surface area contributed by atoms with Gasteiger partial charge in [-0.2, -0.15) is 13.2 Å². The van der Waals surface area contributed by atoms with Gasteiger partial charge in [-0.15, -0.1) is 0 Å². The molecule has 0 aromatic heterocycles. The lowest BCUT2D eigenvalue weighted by Crippen LogP contribution is -2.48. The van der Waals surface area contributed by atoms with E-state index in [0.717, 1.165) is 49.9 Å². The number of alkyl halides is 3. The summed E-state index contributed by atoms with van der Waals surface area (Å²) < 4.78 is 55.1. The van der Waals surface area contributed by atoms with Gasteiger partial charge >= 0.3 is 6.18 Å². The summed E-state index contributed by atoms with van der Waals surface area (Å²) in [7, 11) is 0. The second kappa shape index (κ2) is 8.73. The van der Waals surface area contributed by atoms with Crippen molar-refractivity contribution in [1.82, 2.24) is 5.43 Å². The molecule has 7 heteroatoms. The van der Waals surface area contributed by atoms with E-state index in [0.29, 0.717) is 6.54 Å². The van der Waals surface area contributed by atoms with Crippen LogP contribution in [-0.2, 0) is 0 Å². The van der Waals surface area contributed by atoms with E-state index in [1.54, 1.807) is 12.1 Å². The second-order valence-electron chi connectivity index (χ2n) is 11.8. The van der Waals surface area contributed by atoms with Crippen molar-refractivity contribution in [2.45, 2.75) is 70.5 Å². The summed E-state index contributed by atoms with van der Waals surface area (Å²) in [6.07, 6.45) is 6.13. The van der Waals surface area contributed by atoms with Crippen LogP contribution in [-0.4, -0.2) is 18.8 Å². The van der Waals surface area contributed by atoms with Crippen LogP contribution in [0.1, 0.15) is 58.3 Å². The molecule has 2 saturated carbocycles. The van der Waals surface area contributed by atoms with Crippen molar-refractivity contribution in [3.63, 3.8) is 0 Å². The van der Waals surface area contributed by atoms with Gasteiger partial charge in [0.15, 0.2) is 0 Å². The Morgan fingerprint density at radius 1 is 1.08 bits per heavy atom. The molecule has 0 radical (unpaired) electrons. The smallest absolute Gasteiger partial charge is 0.327 e. The monoisotopic (exact) mass is 501 g/mol. The number of nitrogens with one attached hydrogen (secondary N) is 1. The molecule has 0 spiro atoms. The van der Waals surface area contributed by atoms with Gasteiger partial charge in [-0.1, -0.05) is 37.0 Å². The average Bonchev–Trinajstić information content (AvgIpc) is 3.24. The third-order valence-corrected chi connectivity index (χ3v) is 9.78. The molecule has 1 aliphatic heterocycles. The maximum absolute atomic E-state index is 13.9. The number of anilines is 1. The zero-order valence-corrected chi connectivity index (χ0v) is 20.8. The number of hydrogen-bond acceptors (Lipinski definition) is 3. The third kappa shape index (κ3) is 3.94. The first-order valence-corrected chi connectivity index (χ1v) is 13.4. The molecule has 0 saturated heterocycles. The van der Waals surface area contributed by atoms with Gasteiger partial charge < -0.3 is 5.73 Å². The SMILES string of the molecule is C[C@]12CC3=C(C=C1CC(C1CCCCC1N)[C@@H]1C[C@H](C(F)(F)F)CC=C12)N(c1ccc(F)cc1)NC3. The van der Waals surface area contributed by atoms with Crippen LogP contribution >= 0.6 is 0 Å². The van der Waals surface area contributed by atoms with E-state index in [-0.39, 0.29) is 47.9 Å². The Bertz CT molecular complexity index is 1120. The van der Waals surface area contributed by atoms with E-state index in [9.17, 15) is 17.6 Å². The molecule has 3 nitrogen and oxygen atoms in total. The summed E-state index contributed by atoms with van der Waals surface area (Å²) in [5, 5.41) is 2.03. The zero-order valence-electron chi connectivity index (χ0n) is 20.8. The lowest BCUT2D eigenvalue weighted by molar-refractivity contribution is -0.181. The molecule has 6 atom stereocenters. The van der Waals surface area contributed by atoms with Crippen molar-refractivity contribution in [2.75, 3.05) is 11.6 Å². The van der Waals surface area contributed by atoms with Crippen molar-refractivity contribution < 1.29 is 17.6 Å². The molecule has 3 N–H and O–H groups in total. The molecular formula is C29H35F4N3. The van der Waals surface area contributed by atoms with E-state index in [1.165, 1.54) is 28.9 Å². The van der Waals surface area contributed by atoms with E-state index >= 15 is 0 Å². The fraction of sp³-hybridized carbons (Fsp3) is 0.586. The molecule has 5 aliphatic rings. The van der Waals surface area contributed by atoms with Gasteiger partial charge in [0.05, 0.1) is 17.3 Å². The van der Waals surface area contributed by atoms with Crippen LogP contribution in [0.2, 0.25) is 0 Å². The summed E-state index contributed by atoms with van der Waals surface area (Å²) in [4.78, 5) is 0. The Labute approximate surface area is 210 Å². The number of nitrogens with zero attached hydrogens (tertiary/aromatic N) is 1. The van der Waals surface area contributed by atoms with E-state index in [4.69, 9.17) is 5.73 Å². The van der Waals surface area contributed by atoms with Crippen molar-refractivity contribution in [2.24, 2.45) is 34.8 Å². The zero-order chi connectivity index (χ0) is 25.2. The number of hydrogen-bond donors (Lipinski definition) is 2. The largest absolute Gasteiger partial charge is 0.392 e. The minimum atomic E-state index is -4.16. The highest BCUT2D eigenvalue weighted by Crippen LogP contribution is 2.62. The van der Waals surface area contributed by atoms with Crippen LogP contribution in [0.4, 0.5) is 23.2 Å². The van der Waals surface area contributed by atoms with Crippen LogP contribution in [0.15, 0.2) is 58.8 Å². The molecule has 4 aliphatic carbocycles. The topological polar surface area (TPSA) is 41.3 Å². The Hall–Kier alpha value is -2.12. The molecule has 6 rings (SSSR count). The molecule has 194 valence electrons. The van der Waals surface area contributed by atoms with Crippen molar-refractivity contribution in [3.05, 3.63) is 64.7 Å². The third-order valence-electron chi connectivity index (χ3n) is 9.78. The molecule has 1 aromatic carbocycles. The Morgan fingerprint density at radius 3 is 2.56 bits per heavy atom. The van der Waals surface area contributed by atoms with Gasteiger partial charge in [-0.3, -0.25) is 5.01 Å². The predicted molar refractivity (Wildman–Crippen MR) is 133 cm³/mol. The standard InChI is InChI=1S/C29H35F4N3/c1-28-15-17-16-35-36(21-9-7-20(30)8-10-21)27(17)14-19(28)13-23(22-4-2-3-5-26(22)34)24-12-18(29(31,32)33)6-11-25(24)28/h7-11,14,18,22-24,26,35H,2-6,12-13,15-16,34H2,1H3/t18-,22?,23?,24+,26?,28+/m1/s1. The van der Waals surface area contributed by atoms with Crippen molar-refractivity contribution in [3.8, 4) is 0 Å². The number of benzene rings is 1. The van der Waals surface area contributed by atoms with Gasteiger partial charge in [0.2, 0.25) is 0 Å². The van der Waals surface area contributed by atoms with E-state index in [1.807, 2.05) is 11.1 Å². The molecular weight excluding hydrogens is 466 g/mol. The van der Waals surface area contributed by atoms with E-state index < -0.39 is 12.1 Å². The number of rotatable bonds is 2. The molecule has 36 heavy (non-hydrogen) atoms. The summed E-state index contributed by atoms with van der Waals surface area (Å²) in [5.74, 6) is -1.19. The quantitative estimate of drug-likeness (QED) is 0.346. The van der Waals surface area contributed by atoms with Crippen molar-refractivity contribution in [1.29, 1.82) is 0 Å². The maximum atomic E-state index is 13.9. The maximum Gasteiger partial charge on any atom is 0.392 e. The first kappa shape index (κ1) is 24.2. The highest BCUT2D eigenvalue weighted by atomic mass is 19.4. The molecule has 1 aromatic rings. The molecule has 1 heterocycles. The van der Waals surface area contributed by atoms with Crippen LogP contribution in [0, 0.1) is 34.9 Å². The molecule has 0 bridgehead atoms. The van der Waals surface area contributed by atoms with E-state index in [2.05, 4.69) is 18.4 Å². The first-order valence-electron chi connectivity index (χ1n) is 13.4. The lowest BCUT2D eigenvalue weighted by Gasteiger charge is -2.54. The molecule has 0 amide bonds. The average molecular weight is 502 g/mol. The number of nitrogens with two attached hydrogens (primary N) is 1. The number of fused-ring (bicyclic) bond motifs is 3. The number of hydrazine groups is 1. The summed E-state index contributed by atoms with van der Waals surface area (Å²) in [5.41, 5.74) is 15.6. The highest BCUT2D eigenvalue weighted by molar-refractivity contribution is 5.61. The number of halogens is 4.